The third kappa shape index (κ3) is 1.60. The number of carbonyl (C=O) groups excluding carboxylic acids is 1. The van der Waals surface area contributed by atoms with Gasteiger partial charge in [-0.2, -0.15) is 0 Å². The average Bonchev–Trinajstić information content (AvgIpc) is 3.12. The van der Waals surface area contributed by atoms with E-state index in [0.29, 0.717) is 5.56 Å². The average molecular weight is 278 g/mol. The Bertz CT molecular complexity index is 930. The molecule has 2 aromatic carbocycles. The van der Waals surface area contributed by atoms with E-state index in [1.807, 2.05) is 53.9 Å². The zero-order valence-corrected chi connectivity index (χ0v) is 11.3. The van der Waals surface area contributed by atoms with Gasteiger partial charge in [0.15, 0.2) is 5.78 Å². The minimum absolute atomic E-state index is 0.0167. The number of thiophene rings is 1. The van der Waals surface area contributed by atoms with Crippen molar-refractivity contribution in [2.75, 3.05) is 0 Å². The van der Waals surface area contributed by atoms with E-state index in [0.717, 1.165) is 26.6 Å². The summed E-state index contributed by atoms with van der Waals surface area (Å²) in [7, 11) is 0. The lowest BCUT2D eigenvalue weighted by molar-refractivity contribution is 0.104. The summed E-state index contributed by atoms with van der Waals surface area (Å²) in [6.07, 6.45) is 1.56. The molecule has 96 valence electrons. The molecule has 0 unspecified atom stereocenters. The maximum atomic E-state index is 12.8. The van der Waals surface area contributed by atoms with Gasteiger partial charge in [0, 0.05) is 15.6 Å². The summed E-state index contributed by atoms with van der Waals surface area (Å²) in [5.74, 6) is 0.0167. The maximum absolute atomic E-state index is 12.8. The van der Waals surface area contributed by atoms with Crippen LogP contribution < -0.4 is 0 Å². The molecule has 2 aromatic heterocycles. The van der Waals surface area contributed by atoms with Gasteiger partial charge in [-0.15, -0.1) is 11.3 Å². The number of rotatable bonds is 2. The Labute approximate surface area is 119 Å². The molecule has 0 fully saturated rings. The summed E-state index contributed by atoms with van der Waals surface area (Å²) in [6, 6.07) is 15.5. The normalized spacial score (nSPS) is 11.2. The summed E-state index contributed by atoms with van der Waals surface area (Å²) in [6.45, 7) is 0. The second kappa shape index (κ2) is 4.32. The summed E-state index contributed by atoms with van der Waals surface area (Å²) in [5, 5.41) is 3.98. The van der Waals surface area contributed by atoms with Crippen LogP contribution in [0.5, 0.6) is 0 Å². The number of fused-ring (bicyclic) bond motifs is 2. The summed E-state index contributed by atoms with van der Waals surface area (Å²) in [4.78, 5) is 12.8. The Kier molecular flexibility index (Phi) is 2.47. The third-order valence-electron chi connectivity index (χ3n) is 3.45. The van der Waals surface area contributed by atoms with Gasteiger partial charge in [-0.05, 0) is 29.0 Å². The molecule has 0 amide bonds. The van der Waals surface area contributed by atoms with Crippen LogP contribution >= 0.6 is 11.3 Å². The molecule has 0 aliphatic heterocycles. The number of hydrogen-bond acceptors (Lipinski definition) is 3. The fourth-order valence-corrected chi connectivity index (χ4v) is 3.38. The molecule has 20 heavy (non-hydrogen) atoms. The molecule has 3 heteroatoms. The zero-order chi connectivity index (χ0) is 13.5. The molecule has 0 aliphatic carbocycles. The van der Waals surface area contributed by atoms with E-state index in [-0.39, 0.29) is 5.78 Å². The van der Waals surface area contributed by atoms with E-state index >= 15 is 0 Å². The lowest BCUT2D eigenvalue weighted by Crippen LogP contribution is -2.00. The van der Waals surface area contributed by atoms with Gasteiger partial charge < -0.3 is 4.42 Å². The van der Waals surface area contributed by atoms with Crippen LogP contribution in [-0.4, -0.2) is 5.78 Å². The van der Waals surface area contributed by atoms with Crippen molar-refractivity contribution in [2.45, 2.75) is 0 Å². The minimum Gasteiger partial charge on any atom is -0.464 e. The molecule has 0 saturated heterocycles. The number of para-hydroxylation sites is 1. The van der Waals surface area contributed by atoms with E-state index in [9.17, 15) is 4.79 Å². The first kappa shape index (κ1) is 11.4. The standard InChI is InChI=1S/C17H10O2S/c18-16(13-6-3-4-11-8-9-20-17(11)13)14-10-19-15-7-2-1-5-12(14)15/h1-10H. The highest BCUT2D eigenvalue weighted by Crippen LogP contribution is 2.29. The SMILES string of the molecule is O=C(c1coc2ccccc12)c1cccc2ccsc12. The first-order chi connectivity index (χ1) is 9.84. The van der Waals surface area contributed by atoms with Crippen molar-refractivity contribution in [3.63, 3.8) is 0 Å². The predicted molar refractivity (Wildman–Crippen MR) is 81.5 cm³/mol. The van der Waals surface area contributed by atoms with E-state index in [2.05, 4.69) is 0 Å². The van der Waals surface area contributed by atoms with E-state index in [1.165, 1.54) is 0 Å². The molecule has 0 N–H and O–H groups in total. The molecule has 4 aromatic rings. The van der Waals surface area contributed by atoms with Crippen molar-refractivity contribution in [1.82, 2.24) is 0 Å². The van der Waals surface area contributed by atoms with Crippen LogP contribution in [0, 0.1) is 0 Å². The lowest BCUT2D eigenvalue weighted by atomic mass is 10.0. The van der Waals surface area contributed by atoms with Crippen molar-refractivity contribution in [3.8, 4) is 0 Å². The van der Waals surface area contributed by atoms with Gasteiger partial charge in [0.25, 0.3) is 0 Å². The number of carbonyl (C=O) groups is 1. The second-order valence-corrected chi connectivity index (χ2v) is 5.54. The molecule has 0 radical (unpaired) electrons. The Morgan fingerprint density at radius 1 is 0.950 bits per heavy atom. The van der Waals surface area contributed by atoms with Crippen molar-refractivity contribution in [2.24, 2.45) is 0 Å². The lowest BCUT2D eigenvalue weighted by Gasteiger charge is -2.01. The summed E-state index contributed by atoms with van der Waals surface area (Å²) < 4.78 is 6.50. The van der Waals surface area contributed by atoms with Gasteiger partial charge in [0.2, 0.25) is 0 Å². The molecule has 2 nitrogen and oxygen atoms in total. The molecule has 4 rings (SSSR count). The number of ketones is 1. The summed E-state index contributed by atoms with van der Waals surface area (Å²) in [5.41, 5.74) is 2.11. The van der Waals surface area contributed by atoms with Gasteiger partial charge >= 0.3 is 0 Å². The monoisotopic (exact) mass is 278 g/mol. The molecule has 0 atom stereocenters. The van der Waals surface area contributed by atoms with Gasteiger partial charge in [-0.1, -0.05) is 30.3 Å². The van der Waals surface area contributed by atoms with Crippen molar-refractivity contribution in [1.29, 1.82) is 0 Å². The van der Waals surface area contributed by atoms with Crippen molar-refractivity contribution >= 4 is 38.2 Å². The Balaban J connectivity index is 1.94. The van der Waals surface area contributed by atoms with Crippen LogP contribution in [0.15, 0.2) is 64.6 Å². The van der Waals surface area contributed by atoms with Crippen LogP contribution in [-0.2, 0) is 0 Å². The van der Waals surface area contributed by atoms with Crippen LogP contribution in [0.2, 0.25) is 0 Å². The van der Waals surface area contributed by atoms with E-state index < -0.39 is 0 Å². The van der Waals surface area contributed by atoms with E-state index in [4.69, 9.17) is 4.42 Å². The molecule has 0 saturated carbocycles. The van der Waals surface area contributed by atoms with E-state index in [1.54, 1.807) is 17.6 Å². The number of hydrogen-bond donors (Lipinski definition) is 0. The quantitative estimate of drug-likeness (QED) is 0.489. The van der Waals surface area contributed by atoms with Crippen LogP contribution in [0.3, 0.4) is 0 Å². The Morgan fingerprint density at radius 3 is 2.80 bits per heavy atom. The molecule has 0 bridgehead atoms. The highest BCUT2D eigenvalue weighted by molar-refractivity contribution is 7.17. The first-order valence-electron chi connectivity index (χ1n) is 6.32. The van der Waals surface area contributed by atoms with Crippen LogP contribution in [0.25, 0.3) is 21.1 Å². The van der Waals surface area contributed by atoms with Crippen molar-refractivity contribution in [3.05, 3.63) is 71.3 Å². The largest absolute Gasteiger partial charge is 0.464 e. The predicted octanol–water partition coefficient (Wildman–Crippen LogP) is 4.88. The highest BCUT2D eigenvalue weighted by atomic mass is 32.1. The van der Waals surface area contributed by atoms with Gasteiger partial charge in [-0.3, -0.25) is 4.79 Å². The Morgan fingerprint density at radius 2 is 1.85 bits per heavy atom. The molecule has 0 spiro atoms. The number of benzene rings is 2. The second-order valence-electron chi connectivity index (χ2n) is 4.62. The topological polar surface area (TPSA) is 30.2 Å². The first-order valence-corrected chi connectivity index (χ1v) is 7.20. The zero-order valence-electron chi connectivity index (χ0n) is 10.5. The molecule has 0 aliphatic rings. The van der Waals surface area contributed by atoms with Crippen LogP contribution in [0.1, 0.15) is 15.9 Å². The minimum atomic E-state index is 0.0167. The Hall–Kier alpha value is -2.39. The van der Waals surface area contributed by atoms with Gasteiger partial charge in [0.05, 0.1) is 5.56 Å². The summed E-state index contributed by atoms with van der Waals surface area (Å²) >= 11 is 1.59. The highest BCUT2D eigenvalue weighted by Gasteiger charge is 2.17. The van der Waals surface area contributed by atoms with Gasteiger partial charge in [0.1, 0.15) is 11.8 Å². The fraction of sp³-hybridized carbons (Fsp3) is 0. The molecular formula is C17H10O2S. The smallest absolute Gasteiger partial charge is 0.198 e. The molecular weight excluding hydrogens is 268 g/mol. The third-order valence-corrected chi connectivity index (χ3v) is 4.41. The maximum Gasteiger partial charge on any atom is 0.198 e. The van der Waals surface area contributed by atoms with Crippen molar-refractivity contribution < 1.29 is 9.21 Å². The number of furan rings is 1. The van der Waals surface area contributed by atoms with Gasteiger partial charge in [-0.25, -0.2) is 0 Å². The molecule has 2 heterocycles. The fourth-order valence-electron chi connectivity index (χ4n) is 2.47. The van der Waals surface area contributed by atoms with Crippen LogP contribution in [0.4, 0.5) is 0 Å².